The van der Waals surface area contributed by atoms with Crippen molar-refractivity contribution in [2.24, 2.45) is 0 Å². The summed E-state index contributed by atoms with van der Waals surface area (Å²) in [5, 5.41) is 3.34. The molecule has 2 saturated heterocycles. The smallest absolute Gasteiger partial charge is 0.239 e. The average molecular weight is 338 g/mol. The third kappa shape index (κ3) is 4.72. The van der Waals surface area contributed by atoms with Crippen LogP contribution in [0.3, 0.4) is 0 Å². The molecule has 1 N–H and O–H groups in total. The fourth-order valence-electron chi connectivity index (χ4n) is 3.91. The van der Waals surface area contributed by atoms with E-state index in [1.807, 2.05) is 0 Å². The van der Waals surface area contributed by atoms with Gasteiger partial charge in [0.25, 0.3) is 0 Å². The molecule has 0 bridgehead atoms. The zero-order valence-electron chi connectivity index (χ0n) is 12.8. The molecule has 0 aromatic heterocycles. The van der Waals surface area contributed by atoms with Crippen molar-refractivity contribution in [3.63, 3.8) is 0 Å². The standard InChI is InChI=1S/C15H27N3O.2ClH/c19-15(14-7-3-8-16-14)18-10-4-9-17(11-12-18)13-5-1-2-6-13;;/h13-14,16H,1-12H2;2*1H. The summed E-state index contributed by atoms with van der Waals surface area (Å²) in [5.74, 6) is 0.353. The normalized spacial score (nSPS) is 27.8. The monoisotopic (exact) mass is 337 g/mol. The molecule has 21 heavy (non-hydrogen) atoms. The fraction of sp³-hybridized carbons (Fsp3) is 0.933. The molecule has 1 aliphatic carbocycles. The highest BCUT2D eigenvalue weighted by Gasteiger charge is 2.30. The van der Waals surface area contributed by atoms with Crippen molar-refractivity contribution in [1.82, 2.24) is 15.1 Å². The minimum atomic E-state index is 0. The van der Waals surface area contributed by atoms with Gasteiger partial charge in [0, 0.05) is 32.2 Å². The molecule has 2 aliphatic heterocycles. The Hall–Kier alpha value is -0.0300. The number of rotatable bonds is 2. The van der Waals surface area contributed by atoms with Crippen molar-refractivity contribution >= 4 is 30.7 Å². The van der Waals surface area contributed by atoms with Crippen LogP contribution in [0.5, 0.6) is 0 Å². The summed E-state index contributed by atoms with van der Waals surface area (Å²) in [6.45, 7) is 5.18. The van der Waals surface area contributed by atoms with E-state index >= 15 is 0 Å². The van der Waals surface area contributed by atoms with E-state index in [4.69, 9.17) is 0 Å². The van der Waals surface area contributed by atoms with Crippen LogP contribution < -0.4 is 5.32 Å². The highest BCUT2D eigenvalue weighted by molar-refractivity contribution is 5.85. The predicted molar refractivity (Wildman–Crippen MR) is 90.5 cm³/mol. The third-order valence-electron chi connectivity index (χ3n) is 5.04. The number of amides is 1. The van der Waals surface area contributed by atoms with Gasteiger partial charge in [-0.05, 0) is 38.6 Å². The number of nitrogens with one attached hydrogen (secondary N) is 1. The van der Waals surface area contributed by atoms with Crippen LogP contribution in [-0.2, 0) is 4.79 Å². The molecular formula is C15H29Cl2N3O. The van der Waals surface area contributed by atoms with Crippen LogP contribution in [-0.4, -0.2) is 60.5 Å². The molecule has 4 nitrogen and oxygen atoms in total. The molecular weight excluding hydrogens is 309 g/mol. The van der Waals surface area contributed by atoms with Gasteiger partial charge in [-0.3, -0.25) is 9.69 Å². The van der Waals surface area contributed by atoms with E-state index < -0.39 is 0 Å². The van der Waals surface area contributed by atoms with Crippen LogP contribution in [0.25, 0.3) is 0 Å². The molecule has 1 atom stereocenters. The van der Waals surface area contributed by atoms with Crippen LogP contribution >= 0.6 is 24.8 Å². The van der Waals surface area contributed by atoms with Crippen LogP contribution in [0.1, 0.15) is 44.9 Å². The van der Waals surface area contributed by atoms with Crippen LogP contribution in [0.4, 0.5) is 0 Å². The van der Waals surface area contributed by atoms with Crippen molar-refractivity contribution < 1.29 is 4.79 Å². The molecule has 1 amide bonds. The summed E-state index contributed by atoms with van der Waals surface area (Å²) < 4.78 is 0. The van der Waals surface area contributed by atoms with Crippen molar-refractivity contribution in [2.45, 2.75) is 57.0 Å². The van der Waals surface area contributed by atoms with Gasteiger partial charge in [-0.15, -0.1) is 24.8 Å². The van der Waals surface area contributed by atoms with Crippen LogP contribution in [0, 0.1) is 0 Å². The van der Waals surface area contributed by atoms with E-state index in [-0.39, 0.29) is 30.9 Å². The number of hydrogen-bond donors (Lipinski definition) is 1. The topological polar surface area (TPSA) is 35.6 Å². The Bertz CT molecular complexity index is 318. The van der Waals surface area contributed by atoms with Crippen LogP contribution in [0.2, 0.25) is 0 Å². The van der Waals surface area contributed by atoms with Crippen molar-refractivity contribution in [2.75, 3.05) is 32.7 Å². The number of halogens is 2. The van der Waals surface area contributed by atoms with Gasteiger partial charge in [-0.25, -0.2) is 0 Å². The van der Waals surface area contributed by atoms with E-state index in [9.17, 15) is 4.79 Å². The predicted octanol–water partition coefficient (Wildman–Crippen LogP) is 2.06. The maximum Gasteiger partial charge on any atom is 0.239 e. The maximum atomic E-state index is 12.4. The second-order valence-electron chi connectivity index (χ2n) is 6.30. The number of nitrogens with zero attached hydrogens (tertiary/aromatic N) is 2. The van der Waals surface area contributed by atoms with Gasteiger partial charge in [-0.1, -0.05) is 12.8 Å². The molecule has 124 valence electrons. The van der Waals surface area contributed by atoms with Gasteiger partial charge >= 0.3 is 0 Å². The van der Waals surface area contributed by atoms with Gasteiger partial charge in [-0.2, -0.15) is 0 Å². The number of carbonyl (C=O) groups is 1. The molecule has 3 aliphatic rings. The SMILES string of the molecule is Cl.Cl.O=C(C1CCCN1)N1CCCN(C2CCCC2)CC1. The average Bonchev–Trinajstić information content (AvgIpc) is 3.08. The summed E-state index contributed by atoms with van der Waals surface area (Å²) in [6, 6.07) is 0.915. The largest absolute Gasteiger partial charge is 0.340 e. The Morgan fingerprint density at radius 3 is 2.29 bits per heavy atom. The second-order valence-corrected chi connectivity index (χ2v) is 6.30. The number of hydrogen-bond acceptors (Lipinski definition) is 3. The van der Waals surface area contributed by atoms with E-state index in [1.54, 1.807) is 0 Å². The first kappa shape index (κ1) is 19.0. The quantitative estimate of drug-likeness (QED) is 0.837. The van der Waals surface area contributed by atoms with E-state index in [2.05, 4.69) is 15.1 Å². The van der Waals surface area contributed by atoms with Gasteiger partial charge in [0.1, 0.15) is 0 Å². The maximum absolute atomic E-state index is 12.4. The van der Waals surface area contributed by atoms with E-state index in [0.717, 1.165) is 51.5 Å². The van der Waals surface area contributed by atoms with Gasteiger partial charge in [0.2, 0.25) is 5.91 Å². The van der Waals surface area contributed by atoms with Crippen molar-refractivity contribution in [1.29, 1.82) is 0 Å². The molecule has 3 rings (SSSR count). The Balaban J connectivity index is 0.00000110. The molecule has 6 heteroatoms. The Labute approximate surface area is 140 Å². The summed E-state index contributed by atoms with van der Waals surface area (Å²) in [4.78, 5) is 17.2. The lowest BCUT2D eigenvalue weighted by molar-refractivity contribution is -0.132. The molecule has 1 saturated carbocycles. The highest BCUT2D eigenvalue weighted by atomic mass is 35.5. The first-order valence-electron chi connectivity index (χ1n) is 8.11. The van der Waals surface area contributed by atoms with E-state index in [1.165, 1.54) is 32.2 Å². The minimum Gasteiger partial charge on any atom is -0.340 e. The Morgan fingerprint density at radius 2 is 1.62 bits per heavy atom. The zero-order valence-corrected chi connectivity index (χ0v) is 14.4. The van der Waals surface area contributed by atoms with Crippen molar-refractivity contribution in [3.8, 4) is 0 Å². The van der Waals surface area contributed by atoms with Gasteiger partial charge < -0.3 is 10.2 Å². The molecule has 0 aromatic rings. The third-order valence-corrected chi connectivity index (χ3v) is 5.04. The molecule has 1 unspecified atom stereocenters. The Morgan fingerprint density at radius 1 is 0.857 bits per heavy atom. The lowest BCUT2D eigenvalue weighted by Crippen LogP contribution is -2.45. The summed E-state index contributed by atoms with van der Waals surface area (Å²) >= 11 is 0. The van der Waals surface area contributed by atoms with Crippen LogP contribution in [0.15, 0.2) is 0 Å². The summed E-state index contributed by atoms with van der Waals surface area (Å²) in [5.41, 5.74) is 0. The lowest BCUT2D eigenvalue weighted by atomic mass is 10.2. The molecule has 3 fully saturated rings. The molecule has 0 spiro atoms. The molecule has 0 aromatic carbocycles. The zero-order chi connectivity index (χ0) is 13.1. The number of carbonyl (C=O) groups excluding carboxylic acids is 1. The first-order valence-corrected chi connectivity index (χ1v) is 8.11. The molecule has 0 radical (unpaired) electrons. The minimum absolute atomic E-state index is 0. The van der Waals surface area contributed by atoms with Gasteiger partial charge in [0.15, 0.2) is 0 Å². The Kier molecular flexibility index (Phi) is 8.32. The summed E-state index contributed by atoms with van der Waals surface area (Å²) in [6.07, 6.45) is 8.87. The van der Waals surface area contributed by atoms with Gasteiger partial charge in [0.05, 0.1) is 6.04 Å². The first-order chi connectivity index (χ1) is 9.34. The second kappa shape index (κ2) is 9.19. The lowest BCUT2D eigenvalue weighted by Gasteiger charge is -2.28. The van der Waals surface area contributed by atoms with E-state index in [0.29, 0.717) is 5.91 Å². The van der Waals surface area contributed by atoms with Crippen molar-refractivity contribution in [3.05, 3.63) is 0 Å². The fourth-order valence-corrected chi connectivity index (χ4v) is 3.91. The molecule has 2 heterocycles. The highest BCUT2D eigenvalue weighted by Crippen LogP contribution is 2.24. The summed E-state index contributed by atoms with van der Waals surface area (Å²) in [7, 11) is 0.